The molecule has 1 N–H and O–H groups in total. The maximum absolute atomic E-state index is 12.2. The van der Waals surface area contributed by atoms with Crippen LogP contribution < -0.4 is 5.32 Å². The predicted molar refractivity (Wildman–Crippen MR) is 86.5 cm³/mol. The van der Waals surface area contributed by atoms with Gasteiger partial charge in [0.05, 0.1) is 11.4 Å². The molecule has 0 saturated heterocycles. The van der Waals surface area contributed by atoms with E-state index in [2.05, 4.69) is 10.3 Å². The number of amides is 1. The lowest BCUT2D eigenvalue weighted by atomic mass is 10.2. The van der Waals surface area contributed by atoms with Crippen LogP contribution in [0.1, 0.15) is 26.0 Å². The number of oxazole rings is 1. The van der Waals surface area contributed by atoms with E-state index >= 15 is 0 Å². The van der Waals surface area contributed by atoms with Crippen LogP contribution in [0.5, 0.6) is 0 Å². The standard InChI is InChI=1S/C16H20N2O3S/c1-3-9-17-15(19)12(2)22(20)11-14-10-21-16(18-14)13-7-5-4-6-8-13/h4-8,10,12H,3,9,11H2,1-2H3,(H,17,19)/t12-,22-/m0/s1. The molecule has 22 heavy (non-hydrogen) atoms. The summed E-state index contributed by atoms with van der Waals surface area (Å²) in [4.78, 5) is 16.1. The Bertz CT molecular complexity index is 640. The summed E-state index contributed by atoms with van der Waals surface area (Å²) in [5.74, 6) is 0.513. The quantitative estimate of drug-likeness (QED) is 0.851. The molecule has 0 bridgehead atoms. The maximum Gasteiger partial charge on any atom is 0.235 e. The van der Waals surface area contributed by atoms with Gasteiger partial charge in [-0.1, -0.05) is 25.1 Å². The predicted octanol–water partition coefficient (Wildman–Crippen LogP) is 2.51. The van der Waals surface area contributed by atoms with E-state index in [4.69, 9.17) is 4.42 Å². The van der Waals surface area contributed by atoms with Crippen molar-refractivity contribution in [2.75, 3.05) is 6.54 Å². The van der Waals surface area contributed by atoms with Crippen LogP contribution in [0.15, 0.2) is 41.0 Å². The molecule has 2 atom stereocenters. The molecule has 1 aromatic carbocycles. The zero-order chi connectivity index (χ0) is 15.9. The molecule has 0 radical (unpaired) electrons. The molecule has 0 aliphatic carbocycles. The summed E-state index contributed by atoms with van der Waals surface area (Å²) in [5, 5.41) is 2.19. The summed E-state index contributed by atoms with van der Waals surface area (Å²) in [7, 11) is -1.33. The molecular formula is C16H20N2O3S. The van der Waals surface area contributed by atoms with Crippen LogP contribution in [0.3, 0.4) is 0 Å². The van der Waals surface area contributed by atoms with E-state index < -0.39 is 16.0 Å². The summed E-state index contributed by atoms with van der Waals surface area (Å²) in [6.07, 6.45) is 2.35. The van der Waals surface area contributed by atoms with E-state index in [1.54, 1.807) is 6.92 Å². The van der Waals surface area contributed by atoms with E-state index in [0.29, 0.717) is 18.1 Å². The third-order valence-corrected chi connectivity index (χ3v) is 4.76. The van der Waals surface area contributed by atoms with Gasteiger partial charge in [0.1, 0.15) is 11.5 Å². The van der Waals surface area contributed by atoms with Gasteiger partial charge in [0.2, 0.25) is 11.8 Å². The number of carbonyl (C=O) groups is 1. The second-order valence-corrected chi connectivity index (χ2v) is 6.73. The van der Waals surface area contributed by atoms with Gasteiger partial charge in [0.25, 0.3) is 0 Å². The van der Waals surface area contributed by atoms with E-state index in [1.165, 1.54) is 6.26 Å². The Kier molecular flexibility index (Phi) is 5.89. The zero-order valence-corrected chi connectivity index (χ0v) is 13.6. The van der Waals surface area contributed by atoms with Gasteiger partial charge in [-0.15, -0.1) is 0 Å². The van der Waals surface area contributed by atoms with Crippen LogP contribution >= 0.6 is 0 Å². The van der Waals surface area contributed by atoms with Crippen LogP contribution in [0.4, 0.5) is 0 Å². The smallest absolute Gasteiger partial charge is 0.235 e. The number of nitrogens with one attached hydrogen (secondary N) is 1. The van der Waals surface area contributed by atoms with Crippen LogP contribution in [0.25, 0.3) is 11.5 Å². The molecular weight excluding hydrogens is 300 g/mol. The fraction of sp³-hybridized carbons (Fsp3) is 0.375. The number of carbonyl (C=O) groups excluding carboxylic acids is 1. The summed E-state index contributed by atoms with van der Waals surface area (Å²) in [6.45, 7) is 4.24. The number of rotatable bonds is 7. The molecule has 0 unspecified atom stereocenters. The van der Waals surface area contributed by atoms with Crippen molar-refractivity contribution in [3.05, 3.63) is 42.3 Å². The molecule has 6 heteroatoms. The first-order valence-corrected chi connectivity index (χ1v) is 8.64. The third kappa shape index (κ3) is 4.27. The van der Waals surface area contributed by atoms with Crippen molar-refractivity contribution in [1.82, 2.24) is 10.3 Å². The minimum atomic E-state index is -1.33. The van der Waals surface area contributed by atoms with Crippen molar-refractivity contribution in [3.63, 3.8) is 0 Å². The average molecular weight is 320 g/mol. The van der Waals surface area contributed by atoms with Crippen molar-refractivity contribution in [3.8, 4) is 11.5 Å². The highest BCUT2D eigenvalue weighted by Crippen LogP contribution is 2.19. The number of nitrogens with zero attached hydrogens (tertiary/aromatic N) is 1. The molecule has 1 heterocycles. The van der Waals surface area contributed by atoms with Gasteiger partial charge in [-0.05, 0) is 25.5 Å². The van der Waals surface area contributed by atoms with Crippen molar-refractivity contribution in [1.29, 1.82) is 0 Å². The van der Waals surface area contributed by atoms with Gasteiger partial charge in [-0.2, -0.15) is 0 Å². The summed E-state index contributed by atoms with van der Waals surface area (Å²) in [5.41, 5.74) is 1.46. The fourth-order valence-corrected chi connectivity index (χ4v) is 2.86. The Morgan fingerprint density at radius 2 is 2.09 bits per heavy atom. The largest absolute Gasteiger partial charge is 0.444 e. The summed E-state index contributed by atoms with van der Waals surface area (Å²) < 4.78 is 17.6. The van der Waals surface area contributed by atoms with Crippen molar-refractivity contribution < 1.29 is 13.4 Å². The monoisotopic (exact) mass is 320 g/mol. The molecule has 0 aliphatic rings. The lowest BCUT2D eigenvalue weighted by molar-refractivity contribution is -0.120. The second-order valence-electron chi connectivity index (χ2n) is 4.97. The van der Waals surface area contributed by atoms with Crippen LogP contribution in [-0.2, 0) is 21.3 Å². The summed E-state index contributed by atoms with van der Waals surface area (Å²) >= 11 is 0. The van der Waals surface area contributed by atoms with Gasteiger partial charge < -0.3 is 9.73 Å². The van der Waals surface area contributed by atoms with Crippen LogP contribution in [0.2, 0.25) is 0 Å². The molecule has 0 aliphatic heterocycles. The lowest BCUT2D eigenvalue weighted by Crippen LogP contribution is -2.36. The van der Waals surface area contributed by atoms with Crippen LogP contribution in [-0.4, -0.2) is 26.9 Å². The highest BCUT2D eigenvalue weighted by atomic mass is 32.2. The Balaban J connectivity index is 1.98. The molecule has 1 aromatic heterocycles. The molecule has 2 aromatic rings. The third-order valence-electron chi connectivity index (χ3n) is 3.18. The minimum Gasteiger partial charge on any atom is -0.444 e. The topological polar surface area (TPSA) is 72.2 Å². The molecule has 0 spiro atoms. The molecule has 1 amide bonds. The van der Waals surface area contributed by atoms with Gasteiger partial charge in [0.15, 0.2) is 0 Å². The first-order valence-electron chi connectivity index (χ1n) is 7.26. The van der Waals surface area contributed by atoms with Gasteiger partial charge in [-0.3, -0.25) is 9.00 Å². The van der Waals surface area contributed by atoms with E-state index in [9.17, 15) is 9.00 Å². The first kappa shape index (κ1) is 16.4. The van der Waals surface area contributed by atoms with E-state index in [-0.39, 0.29) is 11.7 Å². The molecule has 2 rings (SSSR count). The summed E-state index contributed by atoms with van der Waals surface area (Å²) in [6, 6.07) is 9.51. The molecule has 118 valence electrons. The maximum atomic E-state index is 12.2. The Morgan fingerprint density at radius 3 is 2.77 bits per heavy atom. The Hall–Kier alpha value is -1.95. The zero-order valence-electron chi connectivity index (χ0n) is 12.7. The second kappa shape index (κ2) is 7.89. The normalized spacial score (nSPS) is 13.5. The number of hydrogen-bond acceptors (Lipinski definition) is 4. The number of hydrogen-bond donors (Lipinski definition) is 1. The van der Waals surface area contributed by atoms with Crippen molar-refractivity contribution in [2.24, 2.45) is 0 Å². The number of benzene rings is 1. The van der Waals surface area contributed by atoms with Gasteiger partial charge >= 0.3 is 0 Å². The number of aromatic nitrogens is 1. The van der Waals surface area contributed by atoms with Gasteiger partial charge in [0, 0.05) is 22.9 Å². The lowest BCUT2D eigenvalue weighted by Gasteiger charge is -2.10. The Morgan fingerprint density at radius 1 is 1.36 bits per heavy atom. The van der Waals surface area contributed by atoms with E-state index in [0.717, 1.165) is 12.0 Å². The van der Waals surface area contributed by atoms with E-state index in [1.807, 2.05) is 37.3 Å². The van der Waals surface area contributed by atoms with Crippen molar-refractivity contribution in [2.45, 2.75) is 31.3 Å². The SMILES string of the molecule is CCCNC(=O)[C@H](C)[S@@](=O)Cc1coc(-c2ccccc2)n1. The molecule has 5 nitrogen and oxygen atoms in total. The van der Waals surface area contributed by atoms with Crippen molar-refractivity contribution >= 4 is 16.7 Å². The molecule has 0 saturated carbocycles. The Labute approximate surface area is 132 Å². The first-order chi connectivity index (χ1) is 10.6. The van der Waals surface area contributed by atoms with Crippen LogP contribution in [0, 0.1) is 0 Å². The fourth-order valence-electron chi connectivity index (χ4n) is 1.87. The molecule has 0 fully saturated rings. The highest BCUT2D eigenvalue weighted by Gasteiger charge is 2.21. The minimum absolute atomic E-state index is 0.188. The van der Waals surface area contributed by atoms with Gasteiger partial charge in [-0.25, -0.2) is 4.98 Å². The average Bonchev–Trinajstić information content (AvgIpc) is 3.01. The highest BCUT2D eigenvalue weighted by molar-refractivity contribution is 7.85.